The van der Waals surface area contributed by atoms with Gasteiger partial charge in [-0.3, -0.25) is 0 Å². The summed E-state index contributed by atoms with van der Waals surface area (Å²) in [7, 11) is 0. The average molecular weight is 191 g/mol. The van der Waals surface area contributed by atoms with Crippen molar-refractivity contribution in [2.45, 2.75) is 13.8 Å². The quantitative estimate of drug-likeness (QED) is 0.705. The maximum atomic E-state index is 10.7. The molecule has 0 aromatic heterocycles. The molecule has 1 rings (SSSR count). The zero-order chi connectivity index (χ0) is 10.7. The number of rotatable bonds is 2. The Morgan fingerprint density at radius 3 is 2.50 bits per heavy atom. The predicted octanol–water partition coefficient (Wildman–Crippen LogP) is 2.39. The number of anilines is 1. The Kier molecular flexibility index (Phi) is 2.92. The molecular formula is C11H13NO2. The number of nitrogens with two attached hydrogens (primary N) is 1. The summed E-state index contributed by atoms with van der Waals surface area (Å²) < 4.78 is 0. The van der Waals surface area contributed by atoms with Crippen LogP contribution in [0.4, 0.5) is 5.69 Å². The Balaban J connectivity index is 3.13. The second-order valence-corrected chi connectivity index (χ2v) is 3.37. The summed E-state index contributed by atoms with van der Waals surface area (Å²) in [5.74, 6) is -0.994. The summed E-state index contributed by atoms with van der Waals surface area (Å²) >= 11 is 0. The number of hydrogen-bond donors (Lipinski definition) is 2. The molecule has 0 amide bonds. The molecule has 14 heavy (non-hydrogen) atoms. The fraction of sp³-hybridized carbons (Fsp3) is 0.182. The molecule has 0 saturated heterocycles. The minimum Gasteiger partial charge on any atom is -0.478 e. The summed E-state index contributed by atoms with van der Waals surface area (Å²) in [6.07, 6.45) is 1.95. The molecule has 1 aromatic carbocycles. The zero-order valence-corrected chi connectivity index (χ0v) is 8.24. The molecule has 0 fully saturated rings. The summed E-state index contributed by atoms with van der Waals surface area (Å²) in [5.41, 5.74) is 8.10. The highest BCUT2D eigenvalue weighted by molar-refractivity contribution is 5.94. The van der Waals surface area contributed by atoms with Crippen LogP contribution >= 0.6 is 0 Å². The van der Waals surface area contributed by atoms with Crippen molar-refractivity contribution < 1.29 is 9.90 Å². The van der Waals surface area contributed by atoms with Crippen LogP contribution in [0.2, 0.25) is 0 Å². The van der Waals surface area contributed by atoms with E-state index in [9.17, 15) is 4.79 Å². The van der Waals surface area contributed by atoms with Crippen molar-refractivity contribution >= 4 is 17.7 Å². The van der Waals surface area contributed by atoms with Crippen molar-refractivity contribution in [3.05, 3.63) is 34.9 Å². The standard InChI is InChI=1S/C11H13NO2/c1-7(2)5-8-3-4-9(11(13)14)10(12)6-8/h3-6H,12H2,1-2H3,(H,13,14). The third-order valence-electron chi connectivity index (χ3n) is 1.76. The zero-order valence-electron chi connectivity index (χ0n) is 8.24. The third-order valence-corrected chi connectivity index (χ3v) is 1.76. The first-order valence-corrected chi connectivity index (χ1v) is 4.28. The van der Waals surface area contributed by atoms with Gasteiger partial charge in [-0.1, -0.05) is 17.7 Å². The van der Waals surface area contributed by atoms with Crippen LogP contribution < -0.4 is 5.73 Å². The molecule has 0 atom stereocenters. The smallest absolute Gasteiger partial charge is 0.337 e. The van der Waals surface area contributed by atoms with E-state index in [1.807, 2.05) is 19.9 Å². The first-order chi connectivity index (χ1) is 6.50. The molecule has 0 aliphatic heterocycles. The molecule has 0 bridgehead atoms. The van der Waals surface area contributed by atoms with E-state index in [2.05, 4.69) is 0 Å². The Morgan fingerprint density at radius 1 is 1.43 bits per heavy atom. The van der Waals surface area contributed by atoms with E-state index in [0.29, 0.717) is 5.69 Å². The molecule has 74 valence electrons. The molecule has 0 aliphatic rings. The molecule has 0 radical (unpaired) electrons. The monoisotopic (exact) mass is 191 g/mol. The van der Waals surface area contributed by atoms with Crippen LogP contribution in [0.1, 0.15) is 29.8 Å². The lowest BCUT2D eigenvalue weighted by Gasteiger charge is -2.02. The van der Waals surface area contributed by atoms with Gasteiger partial charge in [0, 0.05) is 5.69 Å². The van der Waals surface area contributed by atoms with Crippen molar-refractivity contribution in [1.82, 2.24) is 0 Å². The van der Waals surface area contributed by atoms with Crippen LogP contribution in [0.25, 0.3) is 6.08 Å². The number of allylic oxidation sites excluding steroid dienone is 1. The number of nitrogen functional groups attached to an aromatic ring is 1. The lowest BCUT2D eigenvalue weighted by Crippen LogP contribution is -2.02. The van der Waals surface area contributed by atoms with E-state index in [0.717, 1.165) is 11.1 Å². The van der Waals surface area contributed by atoms with Gasteiger partial charge < -0.3 is 10.8 Å². The largest absolute Gasteiger partial charge is 0.478 e. The van der Waals surface area contributed by atoms with Gasteiger partial charge in [-0.15, -0.1) is 0 Å². The molecule has 0 unspecified atom stereocenters. The highest BCUT2D eigenvalue weighted by atomic mass is 16.4. The maximum absolute atomic E-state index is 10.7. The van der Waals surface area contributed by atoms with E-state index < -0.39 is 5.97 Å². The maximum Gasteiger partial charge on any atom is 0.337 e. The SMILES string of the molecule is CC(C)=Cc1ccc(C(=O)O)c(N)c1. The lowest BCUT2D eigenvalue weighted by atomic mass is 10.1. The van der Waals surface area contributed by atoms with E-state index in [1.54, 1.807) is 12.1 Å². The van der Waals surface area contributed by atoms with Crippen molar-refractivity contribution in [3.8, 4) is 0 Å². The molecule has 0 saturated carbocycles. The molecule has 3 heteroatoms. The Bertz CT molecular complexity index is 390. The Morgan fingerprint density at radius 2 is 2.07 bits per heavy atom. The van der Waals surface area contributed by atoms with Gasteiger partial charge in [0.2, 0.25) is 0 Å². The van der Waals surface area contributed by atoms with Gasteiger partial charge in [0.15, 0.2) is 0 Å². The second kappa shape index (κ2) is 3.96. The van der Waals surface area contributed by atoms with Gasteiger partial charge in [-0.05, 0) is 31.5 Å². The van der Waals surface area contributed by atoms with Crippen LogP contribution in [0.5, 0.6) is 0 Å². The van der Waals surface area contributed by atoms with Gasteiger partial charge in [-0.2, -0.15) is 0 Å². The van der Waals surface area contributed by atoms with Crippen LogP contribution in [-0.4, -0.2) is 11.1 Å². The van der Waals surface area contributed by atoms with Gasteiger partial charge in [0.1, 0.15) is 0 Å². The molecule has 0 spiro atoms. The fourth-order valence-electron chi connectivity index (χ4n) is 1.20. The summed E-state index contributed by atoms with van der Waals surface area (Å²) in [4.78, 5) is 10.7. The van der Waals surface area contributed by atoms with Crippen LogP contribution in [0.3, 0.4) is 0 Å². The van der Waals surface area contributed by atoms with E-state index >= 15 is 0 Å². The minimum atomic E-state index is -0.994. The molecule has 0 aliphatic carbocycles. The first-order valence-electron chi connectivity index (χ1n) is 4.28. The second-order valence-electron chi connectivity index (χ2n) is 3.37. The Labute approximate surface area is 82.9 Å². The van der Waals surface area contributed by atoms with Crippen molar-refractivity contribution in [3.63, 3.8) is 0 Å². The van der Waals surface area contributed by atoms with Gasteiger partial charge in [0.05, 0.1) is 5.56 Å². The van der Waals surface area contributed by atoms with Crippen molar-refractivity contribution in [1.29, 1.82) is 0 Å². The van der Waals surface area contributed by atoms with Gasteiger partial charge in [-0.25, -0.2) is 4.79 Å². The number of benzene rings is 1. The van der Waals surface area contributed by atoms with Crippen LogP contribution in [-0.2, 0) is 0 Å². The van der Waals surface area contributed by atoms with Crippen LogP contribution in [0.15, 0.2) is 23.8 Å². The first kappa shape index (κ1) is 10.3. The molecular weight excluding hydrogens is 178 g/mol. The van der Waals surface area contributed by atoms with Crippen LogP contribution in [0, 0.1) is 0 Å². The lowest BCUT2D eigenvalue weighted by molar-refractivity contribution is 0.0698. The highest BCUT2D eigenvalue weighted by Gasteiger charge is 2.06. The van der Waals surface area contributed by atoms with Gasteiger partial charge in [0.25, 0.3) is 0 Å². The fourth-order valence-corrected chi connectivity index (χ4v) is 1.20. The van der Waals surface area contributed by atoms with Crippen molar-refractivity contribution in [2.75, 3.05) is 5.73 Å². The summed E-state index contributed by atoms with van der Waals surface area (Å²) in [6, 6.07) is 4.93. The summed E-state index contributed by atoms with van der Waals surface area (Å²) in [5, 5.41) is 8.74. The molecule has 1 aromatic rings. The number of aromatic carboxylic acids is 1. The van der Waals surface area contributed by atoms with E-state index in [-0.39, 0.29) is 5.56 Å². The predicted molar refractivity (Wildman–Crippen MR) is 57.1 cm³/mol. The number of carboxylic acid groups (broad SMARTS) is 1. The molecule has 3 N–H and O–H groups in total. The highest BCUT2D eigenvalue weighted by Crippen LogP contribution is 2.16. The number of carboxylic acids is 1. The molecule has 0 heterocycles. The number of hydrogen-bond acceptors (Lipinski definition) is 2. The third kappa shape index (κ3) is 2.36. The van der Waals surface area contributed by atoms with E-state index in [1.165, 1.54) is 6.07 Å². The normalized spacial score (nSPS) is 9.57. The summed E-state index contributed by atoms with van der Waals surface area (Å²) in [6.45, 7) is 3.95. The average Bonchev–Trinajstić information content (AvgIpc) is 2.01. The Hall–Kier alpha value is -1.77. The van der Waals surface area contributed by atoms with Crippen molar-refractivity contribution in [2.24, 2.45) is 0 Å². The minimum absolute atomic E-state index is 0.149. The van der Waals surface area contributed by atoms with E-state index in [4.69, 9.17) is 10.8 Å². The topological polar surface area (TPSA) is 63.3 Å². The number of carbonyl (C=O) groups is 1. The molecule has 3 nitrogen and oxygen atoms in total. The van der Waals surface area contributed by atoms with Gasteiger partial charge >= 0.3 is 5.97 Å².